The van der Waals surface area contributed by atoms with Crippen LogP contribution in [-0.4, -0.2) is 23.0 Å². The molecule has 0 radical (unpaired) electrons. The number of ether oxygens (including phenoxy) is 1. The second-order valence-corrected chi connectivity index (χ2v) is 3.87. The van der Waals surface area contributed by atoms with Gasteiger partial charge in [-0.2, -0.15) is 0 Å². The third-order valence-electron chi connectivity index (χ3n) is 2.49. The van der Waals surface area contributed by atoms with Crippen molar-refractivity contribution in [2.45, 2.75) is 6.92 Å². The quantitative estimate of drug-likeness (QED) is 0.860. The number of nitrogens with one attached hydrogen (secondary N) is 1. The summed E-state index contributed by atoms with van der Waals surface area (Å²) in [5.74, 6) is -0.589. The molecule has 1 N–H and O–H groups in total. The molecule has 6 heteroatoms. The highest BCUT2D eigenvalue weighted by Crippen LogP contribution is 2.20. The van der Waals surface area contributed by atoms with E-state index < -0.39 is 5.97 Å². The maximum Gasteiger partial charge on any atom is 0.358 e. The topological polar surface area (TPSA) is 64.1 Å². The summed E-state index contributed by atoms with van der Waals surface area (Å²) in [5, 5.41) is 2.91. The van der Waals surface area contributed by atoms with E-state index in [1.54, 1.807) is 6.07 Å². The van der Waals surface area contributed by atoms with Gasteiger partial charge in [0.1, 0.15) is 11.6 Å². The first-order valence-corrected chi connectivity index (χ1v) is 5.53. The van der Waals surface area contributed by atoms with Crippen molar-refractivity contribution < 1.29 is 13.9 Å². The summed E-state index contributed by atoms with van der Waals surface area (Å²) < 4.78 is 17.7. The summed E-state index contributed by atoms with van der Waals surface area (Å²) in [4.78, 5) is 19.2. The predicted molar refractivity (Wildman–Crippen MR) is 67.8 cm³/mol. The molecule has 0 bridgehead atoms. The predicted octanol–water partition coefficient (Wildman–Crippen LogP) is 2.45. The van der Waals surface area contributed by atoms with Gasteiger partial charge in [-0.25, -0.2) is 14.2 Å². The van der Waals surface area contributed by atoms with Gasteiger partial charge in [0.2, 0.25) is 0 Å². The third-order valence-corrected chi connectivity index (χ3v) is 2.49. The normalized spacial score (nSPS) is 10.1. The number of nitrogens with zero attached hydrogens (tertiary/aromatic N) is 2. The zero-order valence-corrected chi connectivity index (χ0v) is 10.5. The SMILES string of the molecule is COC(=O)c1cncc(Nc2cc(F)ccc2C)n1. The highest BCUT2D eigenvalue weighted by atomic mass is 19.1. The summed E-state index contributed by atoms with van der Waals surface area (Å²) in [5.41, 5.74) is 1.50. The standard InChI is InChI=1S/C13H12FN3O2/c1-8-3-4-9(14)5-10(8)16-12-7-15-6-11(17-12)13(18)19-2/h3-7H,1-2H3,(H,16,17). The lowest BCUT2D eigenvalue weighted by molar-refractivity contribution is 0.0593. The first kappa shape index (κ1) is 12.9. The van der Waals surface area contributed by atoms with Crippen LogP contribution in [0.4, 0.5) is 15.9 Å². The molecule has 0 aliphatic heterocycles. The molecule has 5 nitrogen and oxygen atoms in total. The highest BCUT2D eigenvalue weighted by molar-refractivity contribution is 5.87. The van der Waals surface area contributed by atoms with Crippen LogP contribution in [0, 0.1) is 12.7 Å². The molecule has 2 rings (SSSR count). The Kier molecular flexibility index (Phi) is 3.70. The second kappa shape index (κ2) is 5.43. The summed E-state index contributed by atoms with van der Waals surface area (Å²) in [6, 6.07) is 4.37. The first-order chi connectivity index (χ1) is 9.10. The lowest BCUT2D eigenvalue weighted by atomic mass is 10.2. The number of aromatic nitrogens is 2. The number of benzene rings is 1. The summed E-state index contributed by atoms with van der Waals surface area (Å²) in [6.45, 7) is 1.83. The highest BCUT2D eigenvalue weighted by Gasteiger charge is 2.09. The Morgan fingerprint density at radius 3 is 2.89 bits per heavy atom. The maximum absolute atomic E-state index is 13.2. The molecular formula is C13H12FN3O2. The Hall–Kier alpha value is -2.50. The van der Waals surface area contributed by atoms with Crippen molar-refractivity contribution in [1.29, 1.82) is 0 Å². The van der Waals surface area contributed by atoms with E-state index >= 15 is 0 Å². The van der Waals surface area contributed by atoms with Crippen molar-refractivity contribution in [3.63, 3.8) is 0 Å². The monoisotopic (exact) mass is 261 g/mol. The Bertz CT molecular complexity index is 617. The fraction of sp³-hybridized carbons (Fsp3) is 0.154. The Morgan fingerprint density at radius 2 is 2.16 bits per heavy atom. The number of halogens is 1. The van der Waals surface area contributed by atoms with E-state index in [4.69, 9.17) is 0 Å². The van der Waals surface area contributed by atoms with Gasteiger partial charge < -0.3 is 10.1 Å². The van der Waals surface area contributed by atoms with Crippen molar-refractivity contribution in [3.8, 4) is 0 Å². The molecule has 0 amide bonds. The van der Waals surface area contributed by atoms with Crippen LogP contribution in [0.25, 0.3) is 0 Å². The lowest BCUT2D eigenvalue weighted by Gasteiger charge is -2.09. The van der Waals surface area contributed by atoms with Crippen LogP contribution in [0.3, 0.4) is 0 Å². The van der Waals surface area contributed by atoms with Gasteiger partial charge in [0.25, 0.3) is 0 Å². The number of hydrogen-bond donors (Lipinski definition) is 1. The van der Waals surface area contributed by atoms with Crippen LogP contribution in [0.1, 0.15) is 16.1 Å². The molecule has 1 aromatic heterocycles. The van der Waals surface area contributed by atoms with E-state index in [9.17, 15) is 9.18 Å². The molecule has 0 saturated heterocycles. The minimum atomic E-state index is -0.577. The van der Waals surface area contributed by atoms with Crippen molar-refractivity contribution in [2.24, 2.45) is 0 Å². The molecule has 0 spiro atoms. The maximum atomic E-state index is 13.2. The van der Waals surface area contributed by atoms with Gasteiger partial charge in [-0.1, -0.05) is 6.07 Å². The Balaban J connectivity index is 2.28. The zero-order valence-electron chi connectivity index (χ0n) is 10.5. The molecule has 0 fully saturated rings. The number of hydrogen-bond acceptors (Lipinski definition) is 5. The van der Waals surface area contributed by atoms with E-state index in [2.05, 4.69) is 20.0 Å². The number of anilines is 2. The van der Waals surface area contributed by atoms with Crippen LogP contribution in [0.2, 0.25) is 0 Å². The molecular weight excluding hydrogens is 249 g/mol. The van der Waals surface area contributed by atoms with Gasteiger partial charge in [0.15, 0.2) is 5.69 Å². The van der Waals surface area contributed by atoms with Gasteiger partial charge in [-0.3, -0.25) is 4.98 Å². The van der Waals surface area contributed by atoms with E-state index in [1.165, 1.54) is 31.6 Å². The minimum absolute atomic E-state index is 0.0848. The fourth-order valence-electron chi connectivity index (χ4n) is 1.50. The number of rotatable bonds is 3. The van der Waals surface area contributed by atoms with Gasteiger partial charge in [0.05, 0.1) is 19.5 Å². The number of methoxy groups -OCH3 is 1. The van der Waals surface area contributed by atoms with Crippen molar-refractivity contribution in [1.82, 2.24) is 9.97 Å². The van der Waals surface area contributed by atoms with E-state index in [1.807, 2.05) is 6.92 Å². The molecule has 2 aromatic rings. The smallest absolute Gasteiger partial charge is 0.358 e. The number of carbonyl (C=O) groups excluding carboxylic acids is 1. The molecule has 0 atom stereocenters. The Morgan fingerprint density at radius 1 is 1.37 bits per heavy atom. The molecule has 19 heavy (non-hydrogen) atoms. The van der Waals surface area contributed by atoms with Gasteiger partial charge in [0, 0.05) is 5.69 Å². The summed E-state index contributed by atoms with van der Waals surface area (Å²) in [6.07, 6.45) is 2.74. The molecule has 98 valence electrons. The largest absolute Gasteiger partial charge is 0.464 e. The van der Waals surface area contributed by atoms with Crippen LogP contribution in [0.5, 0.6) is 0 Å². The molecule has 0 saturated carbocycles. The van der Waals surface area contributed by atoms with Gasteiger partial charge in [-0.05, 0) is 24.6 Å². The average Bonchev–Trinajstić information content (AvgIpc) is 2.42. The summed E-state index contributed by atoms with van der Waals surface area (Å²) >= 11 is 0. The fourth-order valence-corrected chi connectivity index (χ4v) is 1.50. The van der Waals surface area contributed by atoms with E-state index in [0.29, 0.717) is 11.5 Å². The molecule has 1 aromatic carbocycles. The van der Waals surface area contributed by atoms with Crippen molar-refractivity contribution in [3.05, 3.63) is 47.7 Å². The molecule has 0 aliphatic carbocycles. The van der Waals surface area contributed by atoms with Crippen molar-refractivity contribution in [2.75, 3.05) is 12.4 Å². The lowest BCUT2D eigenvalue weighted by Crippen LogP contribution is -2.07. The molecule has 0 aliphatic rings. The molecule has 0 unspecified atom stereocenters. The minimum Gasteiger partial charge on any atom is -0.464 e. The van der Waals surface area contributed by atoms with Gasteiger partial charge in [-0.15, -0.1) is 0 Å². The number of aryl methyl sites for hydroxylation is 1. The zero-order chi connectivity index (χ0) is 13.8. The van der Waals surface area contributed by atoms with Crippen LogP contribution in [-0.2, 0) is 4.74 Å². The number of esters is 1. The summed E-state index contributed by atoms with van der Waals surface area (Å²) in [7, 11) is 1.26. The van der Waals surface area contributed by atoms with Crippen LogP contribution < -0.4 is 5.32 Å². The van der Waals surface area contributed by atoms with E-state index in [0.717, 1.165) is 5.56 Å². The van der Waals surface area contributed by atoms with Crippen molar-refractivity contribution >= 4 is 17.5 Å². The van der Waals surface area contributed by atoms with Crippen LogP contribution >= 0.6 is 0 Å². The number of carbonyl (C=O) groups is 1. The first-order valence-electron chi connectivity index (χ1n) is 5.53. The average molecular weight is 261 g/mol. The molecule has 1 heterocycles. The van der Waals surface area contributed by atoms with E-state index in [-0.39, 0.29) is 11.5 Å². The van der Waals surface area contributed by atoms with Gasteiger partial charge >= 0.3 is 5.97 Å². The third kappa shape index (κ3) is 3.04. The second-order valence-electron chi connectivity index (χ2n) is 3.87. The van der Waals surface area contributed by atoms with Crippen LogP contribution in [0.15, 0.2) is 30.6 Å². The Labute approximate surface area is 109 Å².